The molecule has 0 aliphatic rings. The molecule has 12 nitrogen and oxygen atoms in total. The van der Waals surface area contributed by atoms with Crippen LogP contribution in [0.5, 0.6) is 0 Å². The minimum absolute atomic E-state index is 0.00539. The molecule has 2 atom stereocenters. The number of esters is 2. The predicted molar refractivity (Wildman–Crippen MR) is 102 cm³/mol. The van der Waals surface area contributed by atoms with E-state index in [4.69, 9.17) is 43.9 Å². The number of hydrogen-bond donors (Lipinski definition) is 6. The molecule has 0 saturated heterocycles. The lowest BCUT2D eigenvalue weighted by atomic mass is 10.2. The van der Waals surface area contributed by atoms with Gasteiger partial charge in [-0.15, -0.1) is 0 Å². The Balaban J connectivity index is 3.76. The smallest absolute Gasteiger partial charge is 0.322 e. The summed E-state index contributed by atoms with van der Waals surface area (Å²) >= 11 is 0. The van der Waals surface area contributed by atoms with Crippen LogP contribution in [0, 0.1) is 0 Å². The first kappa shape index (κ1) is 24.4. The summed E-state index contributed by atoms with van der Waals surface area (Å²) < 4.78 is 10.0. The van der Waals surface area contributed by atoms with Crippen LogP contribution >= 0.6 is 0 Å². The third-order valence-electron chi connectivity index (χ3n) is 3.32. The van der Waals surface area contributed by atoms with E-state index < -0.39 is 24.0 Å². The molecule has 0 saturated carbocycles. The number of guanidine groups is 2. The molecule has 0 fully saturated rings. The first-order valence-electron chi connectivity index (χ1n) is 8.69. The number of nitrogens with two attached hydrogens (primary N) is 6. The Morgan fingerprint density at radius 2 is 1.07 bits per heavy atom. The maximum Gasteiger partial charge on any atom is 0.322 e. The van der Waals surface area contributed by atoms with Crippen LogP contribution < -0.4 is 34.4 Å². The number of hydrogen-bond acceptors (Lipinski definition) is 8. The molecule has 0 unspecified atom stereocenters. The Morgan fingerprint density at radius 3 is 1.41 bits per heavy atom. The second-order valence-electron chi connectivity index (χ2n) is 5.80. The topological polar surface area (TPSA) is 233 Å². The molecule has 0 rings (SSSR count). The first-order valence-corrected chi connectivity index (χ1v) is 8.69. The summed E-state index contributed by atoms with van der Waals surface area (Å²) in [5.41, 5.74) is 32.2. The molecule has 0 aliphatic carbocycles. The van der Waals surface area contributed by atoms with Gasteiger partial charge in [0.1, 0.15) is 12.1 Å². The van der Waals surface area contributed by atoms with Crippen LogP contribution in [-0.4, -0.2) is 62.2 Å². The average Bonchev–Trinajstić information content (AvgIpc) is 2.60. The minimum Gasteiger partial charge on any atom is -0.464 e. The molecule has 0 spiro atoms. The monoisotopic (exact) mass is 388 g/mol. The van der Waals surface area contributed by atoms with Crippen molar-refractivity contribution in [3.8, 4) is 0 Å². The number of carbonyl (C=O) groups is 2. The Hall–Kier alpha value is -2.60. The molecule has 0 bridgehead atoms. The van der Waals surface area contributed by atoms with Gasteiger partial charge in [-0.25, -0.2) is 0 Å². The second-order valence-corrected chi connectivity index (χ2v) is 5.80. The van der Waals surface area contributed by atoms with E-state index in [1.54, 1.807) is 0 Å². The van der Waals surface area contributed by atoms with Crippen molar-refractivity contribution in [2.75, 3.05) is 26.3 Å². The summed E-state index contributed by atoms with van der Waals surface area (Å²) in [6.07, 6.45) is 2.28. The molecule has 0 radical (unpaired) electrons. The quantitative estimate of drug-likeness (QED) is 0.0774. The van der Waals surface area contributed by atoms with Gasteiger partial charge in [-0.2, -0.15) is 0 Å². The molecule has 0 amide bonds. The van der Waals surface area contributed by atoms with Gasteiger partial charge >= 0.3 is 11.9 Å². The van der Waals surface area contributed by atoms with Crippen LogP contribution in [0.4, 0.5) is 0 Å². The van der Waals surface area contributed by atoms with Crippen molar-refractivity contribution in [2.24, 2.45) is 44.4 Å². The van der Waals surface area contributed by atoms with E-state index in [2.05, 4.69) is 9.98 Å². The fourth-order valence-corrected chi connectivity index (χ4v) is 1.89. The van der Waals surface area contributed by atoms with Crippen LogP contribution in [0.2, 0.25) is 0 Å². The first-order chi connectivity index (χ1) is 12.7. The van der Waals surface area contributed by atoms with Crippen LogP contribution in [0.15, 0.2) is 9.98 Å². The van der Waals surface area contributed by atoms with Gasteiger partial charge in [0.15, 0.2) is 11.9 Å². The minimum atomic E-state index is -0.750. The molecule has 12 N–H and O–H groups in total. The fourth-order valence-electron chi connectivity index (χ4n) is 1.89. The van der Waals surface area contributed by atoms with Crippen molar-refractivity contribution in [2.45, 2.75) is 44.2 Å². The van der Waals surface area contributed by atoms with Crippen molar-refractivity contribution >= 4 is 23.9 Å². The molecule has 156 valence electrons. The van der Waals surface area contributed by atoms with E-state index in [0.29, 0.717) is 45.2 Å². The van der Waals surface area contributed by atoms with E-state index in [9.17, 15) is 9.59 Å². The van der Waals surface area contributed by atoms with Gasteiger partial charge in [-0.3, -0.25) is 19.6 Å². The van der Waals surface area contributed by atoms with E-state index in [1.165, 1.54) is 0 Å². The van der Waals surface area contributed by atoms with Gasteiger partial charge in [-0.1, -0.05) is 0 Å². The second kappa shape index (κ2) is 14.6. The van der Waals surface area contributed by atoms with E-state index in [1.807, 2.05) is 0 Å². The van der Waals surface area contributed by atoms with Gasteiger partial charge in [0, 0.05) is 19.5 Å². The zero-order valence-electron chi connectivity index (χ0n) is 15.5. The summed E-state index contributed by atoms with van der Waals surface area (Å²) in [5, 5.41) is 0. The zero-order valence-corrected chi connectivity index (χ0v) is 15.5. The lowest BCUT2D eigenvalue weighted by Crippen LogP contribution is -2.34. The Kier molecular flexibility index (Phi) is 13.2. The molecular formula is C15H32N8O4. The number of rotatable bonds is 14. The number of carbonyl (C=O) groups excluding carboxylic acids is 2. The van der Waals surface area contributed by atoms with Crippen molar-refractivity contribution in [3.05, 3.63) is 0 Å². The summed E-state index contributed by atoms with van der Waals surface area (Å²) in [7, 11) is 0. The summed E-state index contributed by atoms with van der Waals surface area (Å²) in [4.78, 5) is 30.9. The molecule has 0 aromatic carbocycles. The van der Waals surface area contributed by atoms with Crippen LogP contribution in [-0.2, 0) is 19.1 Å². The SMILES string of the molecule is NC(N)=NCCC[C@H](N)C(=O)OCCCOC(=O)[C@@H](N)CCCN=C(N)N. The summed E-state index contributed by atoms with van der Waals surface area (Å²) in [6.45, 7) is 0.970. The normalized spacial score (nSPS) is 12.5. The maximum absolute atomic E-state index is 11.7. The number of nitrogens with zero attached hydrogens (tertiary/aromatic N) is 2. The van der Waals surface area contributed by atoms with Crippen molar-refractivity contribution in [1.29, 1.82) is 0 Å². The highest BCUT2D eigenvalue weighted by Crippen LogP contribution is 2.00. The van der Waals surface area contributed by atoms with Gasteiger partial charge in [0.05, 0.1) is 13.2 Å². The third kappa shape index (κ3) is 14.3. The molecule has 0 aliphatic heterocycles. The standard InChI is InChI=1S/C15H32N8O4/c16-10(4-1-6-22-14(18)19)12(24)26-8-3-9-27-13(25)11(17)5-2-7-23-15(20)21/h10-11H,1-9,16-17H2,(H4,18,19,22)(H4,20,21,23)/t10-,11-/m0/s1. The number of ether oxygens (including phenoxy) is 2. The lowest BCUT2D eigenvalue weighted by molar-refractivity contribution is -0.148. The van der Waals surface area contributed by atoms with Crippen molar-refractivity contribution in [1.82, 2.24) is 0 Å². The van der Waals surface area contributed by atoms with Gasteiger partial charge < -0.3 is 43.9 Å². The summed E-state index contributed by atoms with van der Waals surface area (Å²) in [5.74, 6) is -1.06. The molecule has 12 heteroatoms. The highest BCUT2D eigenvalue weighted by Gasteiger charge is 2.16. The molecular weight excluding hydrogens is 356 g/mol. The van der Waals surface area contributed by atoms with Crippen LogP contribution in [0.25, 0.3) is 0 Å². The third-order valence-corrected chi connectivity index (χ3v) is 3.32. The van der Waals surface area contributed by atoms with Crippen molar-refractivity contribution in [3.63, 3.8) is 0 Å². The van der Waals surface area contributed by atoms with E-state index >= 15 is 0 Å². The summed E-state index contributed by atoms with van der Waals surface area (Å²) in [6, 6.07) is -1.50. The Bertz CT molecular complexity index is 460. The van der Waals surface area contributed by atoms with Gasteiger partial charge in [0.25, 0.3) is 0 Å². The van der Waals surface area contributed by atoms with Gasteiger partial charge in [-0.05, 0) is 25.7 Å². The molecule has 27 heavy (non-hydrogen) atoms. The van der Waals surface area contributed by atoms with E-state index in [0.717, 1.165) is 0 Å². The van der Waals surface area contributed by atoms with Gasteiger partial charge in [0.2, 0.25) is 0 Å². The molecule has 0 aromatic rings. The van der Waals surface area contributed by atoms with Crippen LogP contribution in [0.1, 0.15) is 32.1 Å². The maximum atomic E-state index is 11.7. The Labute approximate surface area is 158 Å². The largest absolute Gasteiger partial charge is 0.464 e. The lowest BCUT2D eigenvalue weighted by Gasteiger charge is -2.12. The molecule has 0 heterocycles. The zero-order chi connectivity index (χ0) is 20.7. The fraction of sp³-hybridized carbons (Fsp3) is 0.733. The highest BCUT2D eigenvalue weighted by atomic mass is 16.5. The average molecular weight is 388 g/mol. The predicted octanol–water partition coefficient (Wildman–Crippen LogP) is -2.78. The van der Waals surface area contributed by atoms with Crippen molar-refractivity contribution < 1.29 is 19.1 Å². The highest BCUT2D eigenvalue weighted by molar-refractivity contribution is 5.76. The molecule has 0 aromatic heterocycles. The van der Waals surface area contributed by atoms with Crippen LogP contribution in [0.3, 0.4) is 0 Å². The van der Waals surface area contributed by atoms with E-state index in [-0.39, 0.29) is 25.1 Å². The number of aliphatic imine (C=N–C) groups is 2. The Morgan fingerprint density at radius 1 is 0.704 bits per heavy atom.